The summed E-state index contributed by atoms with van der Waals surface area (Å²) < 4.78 is 49.3. The first-order valence-electron chi connectivity index (χ1n) is 23.2. The van der Waals surface area contributed by atoms with Crippen molar-refractivity contribution in [2.24, 2.45) is 0 Å². The Hall–Kier alpha value is -2.04. The van der Waals surface area contributed by atoms with Crippen LogP contribution in [0.5, 0.6) is 0 Å². The minimum atomic E-state index is -5.37. The van der Waals surface area contributed by atoms with Crippen molar-refractivity contribution >= 4 is 27.6 Å². The van der Waals surface area contributed by atoms with Crippen LogP contribution in [-0.2, 0) is 41.8 Å². The predicted molar refractivity (Wildman–Crippen MR) is 241 cm³/mol. The second-order valence-electron chi connectivity index (χ2n) is 16.1. The second-order valence-corrected chi connectivity index (χ2v) is 18.7. The van der Waals surface area contributed by atoms with Gasteiger partial charge in [0.25, 0.3) is 0 Å². The van der Waals surface area contributed by atoms with E-state index in [1.165, 1.54) is 38.5 Å². The molecule has 0 aliphatic heterocycles. The summed E-state index contributed by atoms with van der Waals surface area (Å²) in [5.74, 6) is -1.24. The Labute approximate surface area is 376 Å². The fraction of sp³-hybridized carbons (Fsp3) is 0.778. The monoisotopic (exact) mass is 938 g/mol. The summed E-state index contributed by atoms with van der Waals surface area (Å²) >= 11 is 0. The second kappa shape index (κ2) is 36.1. The molecule has 0 aromatic rings. The summed E-state index contributed by atoms with van der Waals surface area (Å²) in [6, 6.07) is 0. The van der Waals surface area contributed by atoms with Crippen LogP contribution in [0.15, 0.2) is 48.6 Å². The van der Waals surface area contributed by atoms with Crippen LogP contribution in [0.25, 0.3) is 0 Å². The van der Waals surface area contributed by atoms with Crippen molar-refractivity contribution in [3.8, 4) is 0 Å². The molecule has 1 rings (SSSR count). The standard InChI is InChI=1S/C45H80O16P2/c1-3-5-7-9-11-13-15-17-19-21-23-25-27-29-31-33-38(46)57-35-37(59-39(47)34-32-30-28-26-24-22-20-18-16-14-12-10-8-6-4-2)36-58-63(55,56)61-45-42(50)40(48)41(49)44(43(45)51)60-62(52,53)54/h11-14,17-20,37,40-45,48-51H,3-10,15-16,21-36H2,1-2H3,(H,55,56)(H2,52,53,54). The Morgan fingerprint density at radius 3 is 1.38 bits per heavy atom. The number of esters is 2. The van der Waals surface area contributed by atoms with Gasteiger partial charge in [0.2, 0.25) is 0 Å². The third-order valence-electron chi connectivity index (χ3n) is 10.4. The highest BCUT2D eigenvalue weighted by molar-refractivity contribution is 7.47. The maximum atomic E-state index is 13.0. The van der Waals surface area contributed by atoms with E-state index >= 15 is 0 Å². The van der Waals surface area contributed by atoms with E-state index in [4.69, 9.17) is 28.3 Å². The first-order valence-corrected chi connectivity index (χ1v) is 26.2. The van der Waals surface area contributed by atoms with Gasteiger partial charge in [-0.05, 0) is 77.0 Å². The minimum absolute atomic E-state index is 0.0236. The molecule has 0 saturated heterocycles. The van der Waals surface area contributed by atoms with Gasteiger partial charge in [0.05, 0.1) is 6.61 Å². The fourth-order valence-electron chi connectivity index (χ4n) is 6.73. The molecule has 0 spiro atoms. The summed E-state index contributed by atoms with van der Waals surface area (Å²) in [6.45, 7) is 3.02. The number of aliphatic hydroxyl groups is 4. The van der Waals surface area contributed by atoms with Crippen LogP contribution in [0, 0.1) is 0 Å². The number of rotatable bonds is 38. The number of carbonyl (C=O) groups is 2. The van der Waals surface area contributed by atoms with Gasteiger partial charge in [-0.1, -0.05) is 127 Å². The van der Waals surface area contributed by atoms with Crippen LogP contribution in [-0.4, -0.2) is 103 Å². The summed E-state index contributed by atoms with van der Waals surface area (Å²) in [5.41, 5.74) is 0. The summed E-state index contributed by atoms with van der Waals surface area (Å²) in [4.78, 5) is 54.2. The molecule has 0 bridgehead atoms. The molecule has 0 amide bonds. The average molecular weight is 939 g/mol. The van der Waals surface area contributed by atoms with Gasteiger partial charge < -0.3 is 44.6 Å². The molecule has 1 saturated carbocycles. The van der Waals surface area contributed by atoms with Gasteiger partial charge >= 0.3 is 27.6 Å². The van der Waals surface area contributed by atoms with E-state index < -0.39 is 83.5 Å². The number of phosphoric ester groups is 2. The molecule has 8 atom stereocenters. The summed E-state index contributed by atoms with van der Waals surface area (Å²) in [7, 11) is -10.7. The zero-order valence-corrected chi connectivity index (χ0v) is 39.5. The fourth-order valence-corrected chi connectivity index (χ4v) is 8.27. The van der Waals surface area contributed by atoms with Crippen LogP contribution in [0.4, 0.5) is 0 Å². The molecule has 1 fully saturated rings. The zero-order valence-electron chi connectivity index (χ0n) is 37.7. The van der Waals surface area contributed by atoms with Gasteiger partial charge in [-0.15, -0.1) is 0 Å². The number of unbranched alkanes of at least 4 members (excludes halogenated alkanes) is 16. The Bertz CT molecular complexity index is 1420. The van der Waals surface area contributed by atoms with Crippen molar-refractivity contribution < 1.29 is 76.9 Å². The highest BCUT2D eigenvalue weighted by Gasteiger charge is 2.54. The molecule has 0 aromatic heterocycles. The van der Waals surface area contributed by atoms with Gasteiger partial charge in [-0.2, -0.15) is 0 Å². The van der Waals surface area contributed by atoms with Gasteiger partial charge in [-0.25, -0.2) is 9.13 Å². The molecule has 63 heavy (non-hydrogen) atoms. The zero-order chi connectivity index (χ0) is 46.8. The maximum absolute atomic E-state index is 13.0. The Morgan fingerprint density at radius 2 is 0.921 bits per heavy atom. The molecular formula is C45H80O16P2. The molecule has 8 unspecified atom stereocenters. The van der Waals surface area contributed by atoms with Crippen LogP contribution < -0.4 is 0 Å². The van der Waals surface area contributed by atoms with Crippen molar-refractivity contribution in [3.63, 3.8) is 0 Å². The lowest BCUT2D eigenvalue weighted by atomic mass is 9.85. The van der Waals surface area contributed by atoms with Gasteiger partial charge in [0.1, 0.15) is 43.2 Å². The molecule has 1 aliphatic rings. The topological polar surface area (TPSA) is 256 Å². The predicted octanol–water partition coefficient (Wildman–Crippen LogP) is 8.51. The van der Waals surface area contributed by atoms with Crippen molar-refractivity contribution in [1.82, 2.24) is 0 Å². The number of hydrogen-bond donors (Lipinski definition) is 7. The van der Waals surface area contributed by atoms with E-state index in [9.17, 15) is 44.0 Å². The normalized spacial score (nSPS) is 22.4. The quantitative estimate of drug-likeness (QED) is 0.0132. The van der Waals surface area contributed by atoms with Crippen LogP contribution in [0.2, 0.25) is 0 Å². The van der Waals surface area contributed by atoms with E-state index in [0.29, 0.717) is 12.8 Å². The van der Waals surface area contributed by atoms with E-state index in [1.54, 1.807) is 0 Å². The molecule has 7 N–H and O–H groups in total. The molecule has 0 heterocycles. The molecule has 16 nitrogen and oxygen atoms in total. The van der Waals surface area contributed by atoms with Crippen LogP contribution in [0.3, 0.4) is 0 Å². The maximum Gasteiger partial charge on any atom is 0.472 e. The minimum Gasteiger partial charge on any atom is -0.462 e. The molecule has 366 valence electrons. The van der Waals surface area contributed by atoms with Crippen molar-refractivity contribution in [2.75, 3.05) is 13.2 Å². The van der Waals surface area contributed by atoms with Crippen LogP contribution >= 0.6 is 15.6 Å². The lowest BCUT2D eigenvalue weighted by Crippen LogP contribution is -2.64. The van der Waals surface area contributed by atoms with Crippen molar-refractivity contribution in [2.45, 2.75) is 211 Å². The smallest absolute Gasteiger partial charge is 0.462 e. The highest BCUT2D eigenvalue weighted by atomic mass is 31.2. The van der Waals surface area contributed by atoms with Crippen molar-refractivity contribution in [3.05, 3.63) is 48.6 Å². The van der Waals surface area contributed by atoms with Gasteiger partial charge in [0.15, 0.2) is 6.10 Å². The SMILES string of the molecule is CCCCCC=CCC=CCCCCCCCC(=O)OCC(COP(=O)(O)OC1C(O)C(O)C(O)C(OP(=O)(O)O)C1O)OC(=O)CCCCCCCC=CCC=CCCCCC. The third-order valence-corrected chi connectivity index (χ3v) is 11.9. The van der Waals surface area contributed by atoms with Gasteiger partial charge in [0, 0.05) is 12.8 Å². The number of aliphatic hydroxyl groups excluding tert-OH is 4. The average Bonchev–Trinajstić information content (AvgIpc) is 3.23. The largest absolute Gasteiger partial charge is 0.472 e. The molecule has 0 aromatic carbocycles. The molecule has 0 radical (unpaired) electrons. The number of phosphoric acid groups is 2. The van der Waals surface area contributed by atoms with Crippen molar-refractivity contribution in [1.29, 1.82) is 0 Å². The lowest BCUT2D eigenvalue weighted by Gasteiger charge is -2.43. The van der Waals surface area contributed by atoms with E-state index in [-0.39, 0.29) is 12.8 Å². The number of carbonyl (C=O) groups excluding carboxylic acids is 2. The lowest BCUT2D eigenvalue weighted by molar-refractivity contribution is -0.216. The first-order chi connectivity index (χ1) is 30.1. The molecule has 1 aliphatic carbocycles. The molecule has 18 heteroatoms. The number of allylic oxidation sites excluding steroid dienone is 8. The van der Waals surface area contributed by atoms with E-state index in [2.05, 4.69) is 67.0 Å². The third kappa shape index (κ3) is 30.7. The first kappa shape index (κ1) is 59.0. The molecular weight excluding hydrogens is 858 g/mol. The Morgan fingerprint density at radius 1 is 0.508 bits per heavy atom. The van der Waals surface area contributed by atoms with Crippen LogP contribution in [0.1, 0.15) is 168 Å². The Kier molecular flexibility index (Phi) is 33.8. The van der Waals surface area contributed by atoms with E-state index in [1.807, 2.05) is 0 Å². The summed E-state index contributed by atoms with van der Waals surface area (Å²) in [6.07, 6.45) is 25.0. The highest BCUT2D eigenvalue weighted by Crippen LogP contribution is 2.49. The summed E-state index contributed by atoms with van der Waals surface area (Å²) in [5, 5.41) is 41.2. The number of hydrogen-bond acceptors (Lipinski definition) is 13. The number of ether oxygens (including phenoxy) is 2. The van der Waals surface area contributed by atoms with Gasteiger partial charge in [-0.3, -0.25) is 23.2 Å². The Balaban J connectivity index is 2.63. The van der Waals surface area contributed by atoms with E-state index in [0.717, 1.165) is 89.9 Å².